The van der Waals surface area contributed by atoms with Crippen molar-refractivity contribution in [3.63, 3.8) is 0 Å². The van der Waals surface area contributed by atoms with Crippen LogP contribution in [0.2, 0.25) is 0 Å². The predicted molar refractivity (Wildman–Crippen MR) is 116 cm³/mol. The Balaban J connectivity index is 1.38. The fraction of sp³-hybridized carbons (Fsp3) is 0.304. The average molecular weight is 393 g/mol. The third kappa shape index (κ3) is 5.16. The molecule has 152 valence electrons. The van der Waals surface area contributed by atoms with Crippen molar-refractivity contribution in [3.8, 4) is 5.75 Å². The number of amides is 1. The molecule has 3 rings (SSSR count). The summed E-state index contributed by atoms with van der Waals surface area (Å²) in [6, 6.07) is 12.9. The Morgan fingerprint density at radius 1 is 1.00 bits per heavy atom. The van der Waals surface area contributed by atoms with Gasteiger partial charge in [0.25, 0.3) is 0 Å². The van der Waals surface area contributed by atoms with Gasteiger partial charge in [0.2, 0.25) is 5.91 Å². The normalized spacial score (nSPS) is 10.8. The van der Waals surface area contributed by atoms with Crippen LogP contribution in [0.1, 0.15) is 48.9 Å². The quantitative estimate of drug-likeness (QED) is 0.259. The number of H-pyrrole nitrogens is 1. The molecule has 1 heterocycles. The molecule has 29 heavy (non-hydrogen) atoms. The maximum absolute atomic E-state index is 12.6. The summed E-state index contributed by atoms with van der Waals surface area (Å²) in [5.41, 5.74) is 8.60. The Kier molecular flexibility index (Phi) is 6.89. The van der Waals surface area contributed by atoms with Crippen molar-refractivity contribution in [2.24, 2.45) is 0 Å². The summed E-state index contributed by atoms with van der Waals surface area (Å²) in [4.78, 5) is 27.7. The van der Waals surface area contributed by atoms with Gasteiger partial charge < -0.3 is 20.8 Å². The highest BCUT2D eigenvalue weighted by Gasteiger charge is 2.14. The number of benzene rings is 2. The second-order valence-electron chi connectivity index (χ2n) is 7.06. The number of nitrogens with two attached hydrogens (primary N) is 1. The molecule has 6 heteroatoms. The van der Waals surface area contributed by atoms with E-state index >= 15 is 0 Å². The lowest BCUT2D eigenvalue weighted by molar-refractivity contribution is -0.116. The van der Waals surface area contributed by atoms with Crippen molar-refractivity contribution < 1.29 is 14.3 Å². The summed E-state index contributed by atoms with van der Waals surface area (Å²) in [6.07, 6.45) is 6.13. The standard InChI is InChI=1S/C23H27N3O3/c1-29-21-13-8-9-16-17(15-25-23(16)21)20(27)12-4-2-3-5-14-22(28)26-19-11-7-6-10-18(19)24/h6-11,13,15,25H,2-5,12,14,24H2,1H3,(H,26,28). The first-order valence-corrected chi connectivity index (χ1v) is 9.92. The van der Waals surface area contributed by atoms with E-state index in [1.807, 2.05) is 30.3 Å². The van der Waals surface area contributed by atoms with Crippen molar-refractivity contribution in [1.82, 2.24) is 4.98 Å². The number of ketones is 1. The lowest BCUT2D eigenvalue weighted by Gasteiger charge is -2.07. The van der Waals surface area contributed by atoms with E-state index in [1.165, 1.54) is 0 Å². The molecule has 0 unspecified atom stereocenters. The van der Waals surface area contributed by atoms with Gasteiger partial charge in [-0.15, -0.1) is 0 Å². The molecule has 3 aromatic rings. The van der Waals surface area contributed by atoms with Crippen LogP contribution in [-0.2, 0) is 4.79 Å². The molecule has 0 saturated carbocycles. The summed E-state index contributed by atoms with van der Waals surface area (Å²) in [5.74, 6) is 0.825. The number of aromatic nitrogens is 1. The molecule has 0 aliphatic heterocycles. The van der Waals surface area contributed by atoms with Crippen LogP contribution in [0.3, 0.4) is 0 Å². The third-order valence-electron chi connectivity index (χ3n) is 4.99. The van der Waals surface area contributed by atoms with Crippen molar-refractivity contribution in [2.45, 2.75) is 38.5 Å². The van der Waals surface area contributed by atoms with E-state index in [-0.39, 0.29) is 11.7 Å². The minimum absolute atomic E-state index is 0.0354. The van der Waals surface area contributed by atoms with Crippen molar-refractivity contribution in [3.05, 3.63) is 54.2 Å². The van der Waals surface area contributed by atoms with Crippen molar-refractivity contribution >= 4 is 34.0 Å². The van der Waals surface area contributed by atoms with Gasteiger partial charge in [-0.25, -0.2) is 0 Å². The number of fused-ring (bicyclic) bond motifs is 1. The molecule has 4 N–H and O–H groups in total. The molecule has 0 radical (unpaired) electrons. The molecule has 0 aliphatic rings. The number of aromatic amines is 1. The van der Waals surface area contributed by atoms with Gasteiger partial charge in [-0.3, -0.25) is 9.59 Å². The number of carbonyl (C=O) groups is 2. The van der Waals surface area contributed by atoms with Crippen LogP contribution in [-0.4, -0.2) is 23.8 Å². The van der Waals surface area contributed by atoms with Gasteiger partial charge in [0.15, 0.2) is 5.78 Å². The molecular weight excluding hydrogens is 366 g/mol. The maximum Gasteiger partial charge on any atom is 0.224 e. The van der Waals surface area contributed by atoms with Gasteiger partial charge in [0.1, 0.15) is 5.75 Å². The average Bonchev–Trinajstić information content (AvgIpc) is 3.16. The first-order valence-electron chi connectivity index (χ1n) is 9.92. The summed E-state index contributed by atoms with van der Waals surface area (Å²) >= 11 is 0. The zero-order valence-electron chi connectivity index (χ0n) is 16.7. The van der Waals surface area contributed by atoms with Gasteiger partial charge in [-0.2, -0.15) is 0 Å². The number of anilines is 2. The Bertz CT molecular complexity index is 994. The van der Waals surface area contributed by atoms with E-state index in [2.05, 4.69) is 10.3 Å². The SMILES string of the molecule is COc1cccc2c(C(=O)CCCCCCC(=O)Nc3ccccc3N)c[nH]c12. The van der Waals surface area contributed by atoms with Gasteiger partial charge in [0.05, 0.1) is 24.0 Å². The Labute approximate surface area is 170 Å². The fourth-order valence-electron chi connectivity index (χ4n) is 3.41. The van der Waals surface area contributed by atoms with E-state index in [0.717, 1.165) is 42.3 Å². The zero-order valence-corrected chi connectivity index (χ0v) is 16.7. The number of hydrogen-bond donors (Lipinski definition) is 3. The molecule has 0 aliphatic carbocycles. The molecule has 0 spiro atoms. The molecule has 2 aromatic carbocycles. The number of unbranched alkanes of at least 4 members (excludes halogenated alkanes) is 3. The lowest BCUT2D eigenvalue weighted by atomic mass is 10.0. The second kappa shape index (κ2) is 9.78. The Morgan fingerprint density at radius 3 is 2.52 bits per heavy atom. The van der Waals surface area contributed by atoms with Crippen molar-refractivity contribution in [2.75, 3.05) is 18.2 Å². The van der Waals surface area contributed by atoms with Gasteiger partial charge in [0, 0.05) is 30.0 Å². The highest BCUT2D eigenvalue weighted by Crippen LogP contribution is 2.28. The number of nitrogens with one attached hydrogen (secondary N) is 2. The highest BCUT2D eigenvalue weighted by molar-refractivity contribution is 6.09. The first kappa shape index (κ1) is 20.5. The number of methoxy groups -OCH3 is 1. The predicted octanol–water partition coefficient (Wildman–Crippen LogP) is 4.92. The highest BCUT2D eigenvalue weighted by atomic mass is 16.5. The summed E-state index contributed by atoms with van der Waals surface area (Å²) < 4.78 is 5.33. The lowest BCUT2D eigenvalue weighted by Crippen LogP contribution is -2.12. The minimum Gasteiger partial charge on any atom is -0.495 e. The van der Waals surface area contributed by atoms with E-state index < -0.39 is 0 Å². The molecule has 1 aromatic heterocycles. The molecular formula is C23H27N3O3. The first-order chi connectivity index (χ1) is 14.1. The fourth-order valence-corrected chi connectivity index (χ4v) is 3.41. The number of ether oxygens (including phenoxy) is 1. The van der Waals surface area contributed by atoms with Crippen LogP contribution < -0.4 is 15.8 Å². The van der Waals surface area contributed by atoms with Crippen LogP contribution >= 0.6 is 0 Å². The second-order valence-corrected chi connectivity index (χ2v) is 7.06. The smallest absolute Gasteiger partial charge is 0.224 e. The van der Waals surface area contributed by atoms with Gasteiger partial charge in [-0.1, -0.05) is 37.1 Å². The van der Waals surface area contributed by atoms with Crippen molar-refractivity contribution in [1.29, 1.82) is 0 Å². The Hall–Kier alpha value is -3.28. The van der Waals surface area contributed by atoms with Crippen LogP contribution in [0, 0.1) is 0 Å². The van der Waals surface area contributed by atoms with Crippen LogP contribution in [0.4, 0.5) is 11.4 Å². The van der Waals surface area contributed by atoms with Crippen LogP contribution in [0.25, 0.3) is 10.9 Å². The third-order valence-corrected chi connectivity index (χ3v) is 4.99. The zero-order chi connectivity index (χ0) is 20.6. The van der Waals surface area contributed by atoms with E-state index in [0.29, 0.717) is 29.8 Å². The number of carbonyl (C=O) groups excluding carboxylic acids is 2. The summed E-state index contributed by atoms with van der Waals surface area (Å²) in [5, 5.41) is 3.73. The number of Topliss-reactive ketones (excluding diaryl/α,β-unsaturated/α-hetero) is 1. The van der Waals surface area contributed by atoms with Crippen LogP contribution in [0.5, 0.6) is 5.75 Å². The Morgan fingerprint density at radius 2 is 1.76 bits per heavy atom. The molecule has 0 bridgehead atoms. The molecule has 6 nitrogen and oxygen atoms in total. The number of nitrogen functional groups attached to an aromatic ring is 1. The summed E-state index contributed by atoms with van der Waals surface area (Å²) in [7, 11) is 1.62. The number of rotatable bonds is 10. The largest absolute Gasteiger partial charge is 0.495 e. The maximum atomic E-state index is 12.6. The molecule has 1 amide bonds. The topological polar surface area (TPSA) is 97.2 Å². The van der Waals surface area contributed by atoms with E-state index in [9.17, 15) is 9.59 Å². The van der Waals surface area contributed by atoms with E-state index in [4.69, 9.17) is 10.5 Å². The monoisotopic (exact) mass is 393 g/mol. The number of para-hydroxylation sites is 3. The number of hydrogen-bond acceptors (Lipinski definition) is 4. The molecule has 0 fully saturated rings. The summed E-state index contributed by atoms with van der Waals surface area (Å²) in [6.45, 7) is 0. The van der Waals surface area contributed by atoms with E-state index in [1.54, 1.807) is 25.4 Å². The van der Waals surface area contributed by atoms with Gasteiger partial charge >= 0.3 is 0 Å². The molecule has 0 atom stereocenters. The molecule has 0 saturated heterocycles. The van der Waals surface area contributed by atoms with Crippen LogP contribution in [0.15, 0.2) is 48.7 Å². The van der Waals surface area contributed by atoms with Gasteiger partial charge in [-0.05, 0) is 31.0 Å². The minimum atomic E-state index is -0.0354.